The first-order valence-corrected chi connectivity index (χ1v) is 8.28. The quantitative estimate of drug-likeness (QED) is 0.546. The third kappa shape index (κ3) is 4.36. The van der Waals surface area contributed by atoms with E-state index < -0.39 is 0 Å². The lowest BCUT2D eigenvalue weighted by Crippen LogP contribution is -2.37. The summed E-state index contributed by atoms with van der Waals surface area (Å²) in [5, 5.41) is 15.4. The van der Waals surface area contributed by atoms with Gasteiger partial charge in [0.25, 0.3) is 0 Å². The number of aromatic nitrogens is 3. The first kappa shape index (κ1) is 17.0. The van der Waals surface area contributed by atoms with Crippen LogP contribution in [0.4, 0.5) is 0 Å². The molecule has 0 atom stereocenters. The summed E-state index contributed by atoms with van der Waals surface area (Å²) >= 11 is 6.18. The summed E-state index contributed by atoms with van der Waals surface area (Å²) in [5.41, 5.74) is 2.03. The summed E-state index contributed by atoms with van der Waals surface area (Å²) in [7, 11) is 1.73. The summed E-state index contributed by atoms with van der Waals surface area (Å²) < 4.78 is 1.94. The minimum Gasteiger partial charge on any atom is -0.352 e. The smallest absolute Gasteiger partial charge is 0.191 e. The Morgan fingerprint density at radius 1 is 1.04 bits per heavy atom. The van der Waals surface area contributed by atoms with Gasteiger partial charge in [-0.05, 0) is 23.8 Å². The first-order chi connectivity index (χ1) is 12.3. The molecule has 2 N–H and O–H groups in total. The molecule has 1 heterocycles. The van der Waals surface area contributed by atoms with Crippen LogP contribution in [0.3, 0.4) is 0 Å². The van der Waals surface area contributed by atoms with E-state index in [2.05, 4.69) is 25.8 Å². The molecule has 0 saturated carbocycles. The molecule has 0 bridgehead atoms. The third-order valence-electron chi connectivity index (χ3n) is 3.69. The summed E-state index contributed by atoms with van der Waals surface area (Å²) in [6.07, 6.45) is 1.70. The number of para-hydroxylation sites is 1. The average Bonchev–Trinajstić information content (AvgIpc) is 3.12. The van der Waals surface area contributed by atoms with Gasteiger partial charge in [-0.1, -0.05) is 48.0 Å². The summed E-state index contributed by atoms with van der Waals surface area (Å²) in [5.74, 6) is 1.47. The number of rotatable bonds is 5. The fraction of sp³-hybridized carbons (Fsp3) is 0.167. The molecule has 0 unspecified atom stereocenters. The predicted molar refractivity (Wildman–Crippen MR) is 99.8 cm³/mol. The molecule has 25 heavy (non-hydrogen) atoms. The molecule has 1 aromatic heterocycles. The molecule has 3 aromatic rings. The van der Waals surface area contributed by atoms with E-state index in [4.69, 9.17) is 11.6 Å². The Morgan fingerprint density at radius 2 is 1.76 bits per heavy atom. The summed E-state index contributed by atoms with van der Waals surface area (Å²) in [4.78, 5) is 4.23. The van der Waals surface area contributed by atoms with Crippen LogP contribution in [0.25, 0.3) is 5.69 Å². The largest absolute Gasteiger partial charge is 0.352 e. The normalized spacial score (nSPS) is 11.4. The Labute approximate surface area is 151 Å². The van der Waals surface area contributed by atoms with Gasteiger partial charge in [-0.2, -0.15) is 0 Å². The zero-order chi connectivity index (χ0) is 17.5. The van der Waals surface area contributed by atoms with Crippen LogP contribution in [0, 0.1) is 0 Å². The van der Waals surface area contributed by atoms with Crippen LogP contribution in [0.1, 0.15) is 11.4 Å². The van der Waals surface area contributed by atoms with E-state index in [0.717, 1.165) is 22.1 Å². The van der Waals surface area contributed by atoms with Crippen molar-refractivity contribution in [2.24, 2.45) is 4.99 Å². The Balaban J connectivity index is 1.61. The van der Waals surface area contributed by atoms with E-state index in [1.807, 2.05) is 59.2 Å². The van der Waals surface area contributed by atoms with Crippen LogP contribution in [0.5, 0.6) is 0 Å². The zero-order valence-electron chi connectivity index (χ0n) is 13.9. The number of guanidine groups is 1. The van der Waals surface area contributed by atoms with Gasteiger partial charge in [-0.15, -0.1) is 10.2 Å². The van der Waals surface area contributed by atoms with Crippen molar-refractivity contribution in [3.63, 3.8) is 0 Å². The fourth-order valence-corrected chi connectivity index (χ4v) is 2.59. The number of hydrogen-bond donors (Lipinski definition) is 2. The standard InChI is InChI=1S/C18H19ClN6/c1-20-18(21-11-14-7-5-6-10-16(14)19)22-12-17-24-23-13-25(17)15-8-3-2-4-9-15/h2-10,13H,11-12H2,1H3,(H2,20,21,22). The highest BCUT2D eigenvalue weighted by Gasteiger charge is 2.07. The first-order valence-electron chi connectivity index (χ1n) is 7.90. The molecule has 0 radical (unpaired) electrons. The minimum absolute atomic E-state index is 0.497. The van der Waals surface area contributed by atoms with Crippen LogP contribution in [-0.2, 0) is 13.1 Å². The number of nitrogens with zero attached hydrogens (tertiary/aromatic N) is 4. The minimum atomic E-state index is 0.497. The lowest BCUT2D eigenvalue weighted by molar-refractivity contribution is 0.754. The molecular formula is C18H19ClN6. The molecule has 0 aliphatic carbocycles. The lowest BCUT2D eigenvalue weighted by atomic mass is 10.2. The van der Waals surface area contributed by atoms with Crippen molar-refractivity contribution in [3.8, 4) is 5.69 Å². The molecule has 0 fully saturated rings. The van der Waals surface area contributed by atoms with E-state index in [9.17, 15) is 0 Å². The Hall–Kier alpha value is -2.86. The predicted octanol–water partition coefficient (Wildman–Crippen LogP) is 2.79. The fourth-order valence-electron chi connectivity index (χ4n) is 2.39. The van der Waals surface area contributed by atoms with Crippen LogP contribution in [-0.4, -0.2) is 27.8 Å². The molecule has 6 nitrogen and oxygen atoms in total. The average molecular weight is 355 g/mol. The van der Waals surface area contributed by atoms with Crippen molar-refractivity contribution in [2.75, 3.05) is 7.05 Å². The monoisotopic (exact) mass is 354 g/mol. The molecule has 0 amide bonds. The van der Waals surface area contributed by atoms with E-state index in [1.165, 1.54) is 0 Å². The Morgan fingerprint density at radius 3 is 2.52 bits per heavy atom. The maximum absolute atomic E-state index is 6.18. The van der Waals surface area contributed by atoms with E-state index in [-0.39, 0.29) is 0 Å². The summed E-state index contributed by atoms with van der Waals surface area (Å²) in [6.45, 7) is 1.09. The van der Waals surface area contributed by atoms with Crippen molar-refractivity contribution < 1.29 is 0 Å². The highest BCUT2D eigenvalue weighted by Crippen LogP contribution is 2.14. The molecule has 128 valence electrons. The molecule has 2 aromatic carbocycles. The molecule has 0 spiro atoms. The topological polar surface area (TPSA) is 67.1 Å². The Kier molecular flexibility index (Phi) is 5.64. The highest BCUT2D eigenvalue weighted by molar-refractivity contribution is 6.31. The summed E-state index contributed by atoms with van der Waals surface area (Å²) in [6, 6.07) is 17.7. The third-order valence-corrected chi connectivity index (χ3v) is 4.06. The van der Waals surface area contributed by atoms with Gasteiger partial charge in [0.05, 0.1) is 6.54 Å². The second-order valence-electron chi connectivity index (χ2n) is 5.32. The highest BCUT2D eigenvalue weighted by atomic mass is 35.5. The molecule has 3 rings (SSSR count). The van der Waals surface area contributed by atoms with Gasteiger partial charge in [0.2, 0.25) is 0 Å². The number of benzene rings is 2. The van der Waals surface area contributed by atoms with Crippen LogP contribution in [0.15, 0.2) is 65.9 Å². The van der Waals surface area contributed by atoms with E-state index >= 15 is 0 Å². The SMILES string of the molecule is CN=C(NCc1ccccc1Cl)NCc1nncn1-c1ccccc1. The van der Waals surface area contributed by atoms with Gasteiger partial charge in [0, 0.05) is 24.3 Å². The molecule has 7 heteroatoms. The van der Waals surface area contributed by atoms with Gasteiger partial charge in [-0.3, -0.25) is 9.56 Å². The second-order valence-corrected chi connectivity index (χ2v) is 5.73. The number of hydrogen-bond acceptors (Lipinski definition) is 3. The second kappa shape index (κ2) is 8.30. The lowest BCUT2D eigenvalue weighted by Gasteiger charge is -2.13. The van der Waals surface area contributed by atoms with Crippen molar-refractivity contribution in [1.82, 2.24) is 25.4 Å². The number of nitrogens with one attached hydrogen (secondary N) is 2. The van der Waals surface area contributed by atoms with Crippen molar-refractivity contribution in [2.45, 2.75) is 13.1 Å². The molecule has 0 aliphatic heterocycles. The zero-order valence-corrected chi connectivity index (χ0v) is 14.6. The van der Waals surface area contributed by atoms with Crippen LogP contribution >= 0.6 is 11.6 Å². The van der Waals surface area contributed by atoms with Gasteiger partial charge < -0.3 is 10.6 Å². The maximum Gasteiger partial charge on any atom is 0.191 e. The maximum atomic E-state index is 6.18. The van der Waals surface area contributed by atoms with Gasteiger partial charge >= 0.3 is 0 Å². The van der Waals surface area contributed by atoms with Gasteiger partial charge in [-0.25, -0.2) is 0 Å². The molecule has 0 aliphatic rings. The molecule has 0 saturated heterocycles. The van der Waals surface area contributed by atoms with Crippen molar-refractivity contribution in [1.29, 1.82) is 0 Å². The molecular weight excluding hydrogens is 336 g/mol. The van der Waals surface area contributed by atoms with Gasteiger partial charge in [0.15, 0.2) is 11.8 Å². The van der Waals surface area contributed by atoms with Crippen LogP contribution in [0.2, 0.25) is 5.02 Å². The van der Waals surface area contributed by atoms with Crippen LogP contribution < -0.4 is 10.6 Å². The Bertz CT molecular complexity index is 844. The number of aliphatic imine (C=N–C) groups is 1. The van der Waals surface area contributed by atoms with Crippen molar-refractivity contribution >= 4 is 17.6 Å². The van der Waals surface area contributed by atoms with Crippen molar-refractivity contribution in [3.05, 3.63) is 77.3 Å². The van der Waals surface area contributed by atoms with E-state index in [0.29, 0.717) is 19.0 Å². The number of halogens is 1. The van der Waals surface area contributed by atoms with E-state index in [1.54, 1.807) is 13.4 Å². The van der Waals surface area contributed by atoms with Gasteiger partial charge in [0.1, 0.15) is 6.33 Å².